The monoisotopic (exact) mass is 868 g/mol. The summed E-state index contributed by atoms with van der Waals surface area (Å²) >= 11 is 1.44. The number of thiophene rings is 1. The van der Waals surface area contributed by atoms with Crippen LogP contribution in [-0.4, -0.2) is 83.2 Å². The van der Waals surface area contributed by atoms with Crippen molar-refractivity contribution in [3.05, 3.63) is 148 Å². The van der Waals surface area contributed by atoms with Crippen LogP contribution < -0.4 is 20.7 Å². The Hall–Kier alpha value is -6.60. The summed E-state index contributed by atoms with van der Waals surface area (Å²) in [5.74, 6) is -4.14. The highest BCUT2D eigenvalue weighted by molar-refractivity contribution is 7.09. The molecule has 63 heavy (non-hydrogen) atoms. The number of aliphatic carboxylic acids is 1. The zero-order chi connectivity index (χ0) is 44.1. The molecule has 4 amide bonds. The van der Waals surface area contributed by atoms with Crippen LogP contribution in [0, 0.1) is 11.8 Å². The molecule has 4 heterocycles. The average molecular weight is 869 g/mol. The van der Waals surface area contributed by atoms with Gasteiger partial charge in [-0.2, -0.15) is 0 Å². The molecule has 13 heteroatoms. The first kappa shape index (κ1) is 44.5. The number of amides is 4. The number of hydrogen-bond acceptors (Lipinski definition) is 8. The number of carboxylic acids is 1. The molecule has 0 spiro atoms. The number of rotatable bonds is 10. The maximum Gasteiger partial charge on any atom is 0.306 e. The molecular weight excluding hydrogens is 817 g/mol. The van der Waals surface area contributed by atoms with E-state index >= 15 is 0 Å². The molecule has 0 unspecified atom stereocenters. The molecule has 5 aromatic rings. The molecule has 4 atom stereocenters. The average Bonchev–Trinajstić information content (AvgIpc) is 3.83. The summed E-state index contributed by atoms with van der Waals surface area (Å²) in [4.78, 5) is 85.5. The number of ketones is 1. The highest BCUT2D eigenvalue weighted by atomic mass is 32.1. The number of Topliss-reactive ketones (excluding diaryl/α,β-unsaturated/α-hetero) is 1. The lowest BCUT2D eigenvalue weighted by atomic mass is 9.88. The fourth-order valence-electron chi connectivity index (χ4n) is 8.19. The maximum atomic E-state index is 14.7. The van der Waals surface area contributed by atoms with Crippen molar-refractivity contribution in [3.8, 4) is 16.9 Å². The van der Waals surface area contributed by atoms with Gasteiger partial charge in [-0.25, -0.2) is 0 Å². The van der Waals surface area contributed by atoms with Crippen molar-refractivity contribution in [3.63, 3.8) is 0 Å². The summed E-state index contributed by atoms with van der Waals surface area (Å²) in [5.41, 5.74) is 4.48. The van der Waals surface area contributed by atoms with Gasteiger partial charge in [0, 0.05) is 43.1 Å². The van der Waals surface area contributed by atoms with Crippen LogP contribution in [0.5, 0.6) is 5.75 Å². The van der Waals surface area contributed by atoms with Gasteiger partial charge in [-0.05, 0) is 83.5 Å². The van der Waals surface area contributed by atoms with Gasteiger partial charge in [-0.3, -0.25) is 28.8 Å². The normalized spacial score (nSPS) is 20.6. The minimum Gasteiger partial charge on any atom is -0.484 e. The molecule has 0 aliphatic carbocycles. The highest BCUT2D eigenvalue weighted by Gasteiger charge is 2.35. The zero-order valence-corrected chi connectivity index (χ0v) is 35.8. The number of carbonyl (C=O) groups excluding carboxylic acids is 5. The van der Waals surface area contributed by atoms with E-state index in [2.05, 4.69) is 16.0 Å². The van der Waals surface area contributed by atoms with Gasteiger partial charge < -0.3 is 30.7 Å². The van der Waals surface area contributed by atoms with Crippen LogP contribution in [-0.2, 0) is 54.5 Å². The van der Waals surface area contributed by atoms with E-state index in [1.165, 1.54) is 11.3 Å². The van der Waals surface area contributed by atoms with Crippen molar-refractivity contribution in [1.82, 2.24) is 20.9 Å². The molecule has 1 aromatic heterocycles. The number of piperidine rings is 1. The molecule has 2 bridgehead atoms. The van der Waals surface area contributed by atoms with Crippen molar-refractivity contribution in [1.29, 1.82) is 0 Å². The van der Waals surface area contributed by atoms with Gasteiger partial charge in [0.2, 0.25) is 17.7 Å². The third-order valence-corrected chi connectivity index (χ3v) is 12.7. The topological polar surface area (TPSA) is 171 Å². The Bertz CT molecular complexity index is 2330. The van der Waals surface area contributed by atoms with E-state index in [1.54, 1.807) is 29.2 Å². The predicted octanol–water partition coefficient (Wildman–Crippen LogP) is 5.82. The van der Waals surface area contributed by atoms with E-state index in [9.17, 15) is 33.9 Å². The van der Waals surface area contributed by atoms with Crippen LogP contribution in [0.1, 0.15) is 47.3 Å². The molecule has 0 saturated carbocycles. The third-order valence-electron chi connectivity index (χ3n) is 11.8. The lowest BCUT2D eigenvalue weighted by molar-refractivity contribution is -0.147. The number of carbonyl (C=O) groups is 6. The Balaban J connectivity index is 1.21. The number of nitrogens with zero attached hydrogens (tertiary/aromatic N) is 1. The van der Waals surface area contributed by atoms with Crippen molar-refractivity contribution < 1.29 is 38.6 Å². The second-order valence-electron chi connectivity index (χ2n) is 16.3. The Labute approximate surface area is 371 Å². The Morgan fingerprint density at radius 2 is 1.29 bits per heavy atom. The van der Waals surface area contributed by atoms with E-state index in [0.717, 1.165) is 32.7 Å². The van der Waals surface area contributed by atoms with Crippen molar-refractivity contribution in [2.24, 2.45) is 11.8 Å². The quantitative estimate of drug-likeness (QED) is 0.127. The minimum atomic E-state index is -1.16. The number of nitrogens with one attached hydrogen (secondary N) is 3. The van der Waals surface area contributed by atoms with E-state index in [1.807, 2.05) is 102 Å². The fourth-order valence-corrected chi connectivity index (χ4v) is 8.94. The molecule has 326 valence electrons. The highest BCUT2D eigenvalue weighted by Crippen LogP contribution is 2.25. The van der Waals surface area contributed by atoms with Gasteiger partial charge in [-0.1, -0.05) is 103 Å². The first-order chi connectivity index (χ1) is 30.6. The number of carboxylic acid groups (broad SMARTS) is 1. The molecule has 4 N–H and O–H groups in total. The Morgan fingerprint density at radius 1 is 0.651 bits per heavy atom. The first-order valence-electron chi connectivity index (χ1n) is 21.4. The zero-order valence-electron chi connectivity index (χ0n) is 34.9. The molecule has 3 aliphatic heterocycles. The van der Waals surface area contributed by atoms with Crippen LogP contribution in [0.25, 0.3) is 11.1 Å². The van der Waals surface area contributed by atoms with Crippen LogP contribution in [0.3, 0.4) is 0 Å². The van der Waals surface area contributed by atoms with Crippen molar-refractivity contribution in [2.45, 2.75) is 69.5 Å². The van der Waals surface area contributed by atoms with Crippen LogP contribution in [0.2, 0.25) is 0 Å². The fraction of sp³-hybridized carbons (Fsp3) is 0.320. The number of aryl methyl sites for hydroxylation is 1. The molecule has 12 nitrogen and oxygen atoms in total. The lowest BCUT2D eigenvalue weighted by Crippen LogP contribution is -2.57. The van der Waals surface area contributed by atoms with Crippen molar-refractivity contribution >= 4 is 46.7 Å². The summed E-state index contributed by atoms with van der Waals surface area (Å²) in [5, 5.41) is 20.2. The second kappa shape index (κ2) is 21.5. The number of hydrogen-bond donors (Lipinski definition) is 4. The predicted molar refractivity (Wildman–Crippen MR) is 240 cm³/mol. The number of ether oxygens (including phenoxy) is 1. The van der Waals surface area contributed by atoms with E-state index < -0.39 is 53.7 Å². The van der Waals surface area contributed by atoms with Gasteiger partial charge in [0.05, 0.1) is 12.0 Å². The van der Waals surface area contributed by atoms with Gasteiger partial charge >= 0.3 is 5.97 Å². The maximum absolute atomic E-state index is 14.7. The molecular formula is C50H52N4O8S. The van der Waals surface area contributed by atoms with Gasteiger partial charge in [-0.15, -0.1) is 11.3 Å². The second-order valence-corrected chi connectivity index (χ2v) is 17.3. The lowest BCUT2D eigenvalue weighted by Gasteiger charge is -2.33. The summed E-state index contributed by atoms with van der Waals surface area (Å²) in [6, 6.07) is 34.6. The standard InChI is InChI=1S/C50H52N4O8S/c55-45-30-39(49(59)54-25-23-38(24-26-54)50(60)61)28-34-15-20-40(21-16-34)62-32-46(56)51-44(31-41-12-7-27-63-41)48(58)53-43(47(57)52-42(45)22-17-33-8-3-1-4-9-33)29-35-13-18-37(19-14-35)36-10-5-2-6-11-36/h1-16,18-21,27,38-39,42-44H,17,22-26,28-32H2,(H,51,56)(H,52,57)(H,53,58)(H,60,61)/t39-,42-,43+,44-/m1/s1. The first-order valence-corrected chi connectivity index (χ1v) is 22.3. The molecule has 8 rings (SSSR count). The SMILES string of the molecule is O=C1COc2ccc(cc2)C[C@@H](C(=O)N2CCC(C(=O)O)CC2)CC(=O)[C@@H](CCc2ccccc2)NC(=O)[C@H](Cc2ccc(-c3ccccc3)cc2)NC(=O)[C@@H](Cc2cccs2)N1. The van der Waals surface area contributed by atoms with Crippen LogP contribution in [0.4, 0.5) is 0 Å². The Kier molecular flexibility index (Phi) is 15.1. The van der Waals surface area contributed by atoms with Gasteiger partial charge in [0.1, 0.15) is 17.8 Å². The molecule has 3 aliphatic rings. The van der Waals surface area contributed by atoms with Crippen molar-refractivity contribution in [2.75, 3.05) is 19.7 Å². The smallest absolute Gasteiger partial charge is 0.306 e. The molecule has 1 saturated heterocycles. The summed E-state index contributed by atoms with van der Waals surface area (Å²) < 4.78 is 5.82. The van der Waals surface area contributed by atoms with Crippen LogP contribution in [0.15, 0.2) is 127 Å². The largest absolute Gasteiger partial charge is 0.484 e. The number of fused-ring (bicyclic) bond motifs is 16. The summed E-state index contributed by atoms with van der Waals surface area (Å²) in [6.45, 7) is 0.131. The van der Waals surface area contributed by atoms with E-state index in [0.29, 0.717) is 25.0 Å². The van der Waals surface area contributed by atoms with Gasteiger partial charge in [0.15, 0.2) is 12.4 Å². The summed E-state index contributed by atoms with van der Waals surface area (Å²) in [6.07, 6.45) is 1.58. The molecule has 1 fully saturated rings. The number of benzene rings is 4. The molecule has 0 radical (unpaired) electrons. The van der Waals surface area contributed by atoms with E-state index in [-0.39, 0.29) is 63.5 Å². The minimum absolute atomic E-state index is 0.0798. The summed E-state index contributed by atoms with van der Waals surface area (Å²) in [7, 11) is 0. The van der Waals surface area contributed by atoms with Crippen LogP contribution >= 0.6 is 11.3 Å². The number of likely N-dealkylation sites (tertiary alicyclic amines) is 1. The molecule has 4 aromatic carbocycles. The van der Waals surface area contributed by atoms with Gasteiger partial charge in [0.25, 0.3) is 5.91 Å². The van der Waals surface area contributed by atoms with E-state index in [4.69, 9.17) is 4.74 Å². The Morgan fingerprint density at radius 3 is 1.94 bits per heavy atom. The third kappa shape index (κ3) is 12.5.